The summed E-state index contributed by atoms with van der Waals surface area (Å²) in [6.07, 6.45) is -0.129. The fraction of sp³-hybridized carbons (Fsp3) is 0.222. The van der Waals surface area contributed by atoms with Crippen LogP contribution in [0.4, 0.5) is 0 Å². The summed E-state index contributed by atoms with van der Waals surface area (Å²) in [6, 6.07) is 11.4. The monoisotopic (exact) mass is 345 g/mol. The molecule has 24 heavy (non-hydrogen) atoms. The van der Waals surface area contributed by atoms with Crippen LogP contribution in [0, 0.1) is 0 Å². The molecule has 0 heterocycles. The van der Waals surface area contributed by atoms with Gasteiger partial charge in [-0.05, 0) is 28.8 Å². The number of carbonyl (C=O) groups is 2. The number of carboxylic acids is 1. The van der Waals surface area contributed by atoms with Crippen molar-refractivity contribution >= 4 is 23.5 Å². The van der Waals surface area contributed by atoms with Crippen molar-refractivity contribution in [2.75, 3.05) is 0 Å². The largest absolute Gasteiger partial charge is 0.478 e. The van der Waals surface area contributed by atoms with E-state index in [1.165, 1.54) is 18.2 Å². The number of rotatable bonds is 4. The van der Waals surface area contributed by atoms with E-state index in [1.54, 1.807) is 0 Å². The highest BCUT2D eigenvalue weighted by atomic mass is 35.5. The van der Waals surface area contributed by atoms with Crippen molar-refractivity contribution in [2.45, 2.75) is 25.0 Å². The third-order valence-corrected chi connectivity index (χ3v) is 4.52. The second-order valence-corrected chi connectivity index (χ2v) is 6.21. The van der Waals surface area contributed by atoms with Crippen molar-refractivity contribution in [1.29, 1.82) is 0 Å². The number of halogens is 1. The van der Waals surface area contributed by atoms with Gasteiger partial charge < -0.3 is 15.5 Å². The first-order valence-electron chi connectivity index (χ1n) is 7.52. The van der Waals surface area contributed by atoms with Gasteiger partial charge in [-0.2, -0.15) is 0 Å². The van der Waals surface area contributed by atoms with E-state index >= 15 is 0 Å². The maximum atomic E-state index is 12.3. The SMILES string of the molecule is O=C(Cc1ccc(C(=O)O)cc1Cl)N[C@H]1c2ccccc2C[C@@H]1O. The van der Waals surface area contributed by atoms with Crippen LogP contribution in [-0.4, -0.2) is 28.2 Å². The minimum atomic E-state index is -1.07. The minimum Gasteiger partial charge on any atom is -0.478 e. The number of hydrogen-bond donors (Lipinski definition) is 3. The molecule has 2 aromatic rings. The van der Waals surface area contributed by atoms with Crippen molar-refractivity contribution < 1.29 is 19.8 Å². The molecule has 1 aliphatic rings. The molecular formula is C18H16ClNO4. The minimum absolute atomic E-state index is 0.0180. The second kappa shape index (κ2) is 6.63. The molecule has 0 unspecified atom stereocenters. The Labute approximate surface area is 143 Å². The molecule has 0 spiro atoms. The molecule has 0 saturated carbocycles. The van der Waals surface area contributed by atoms with Crippen LogP contribution < -0.4 is 5.32 Å². The fourth-order valence-electron chi connectivity index (χ4n) is 2.97. The molecule has 3 N–H and O–H groups in total. The molecule has 3 rings (SSSR count). The van der Waals surface area contributed by atoms with Gasteiger partial charge in [-0.15, -0.1) is 0 Å². The number of nitrogens with one attached hydrogen (secondary N) is 1. The first-order valence-corrected chi connectivity index (χ1v) is 7.90. The Kier molecular flexibility index (Phi) is 4.55. The molecule has 2 aromatic carbocycles. The van der Waals surface area contributed by atoms with Crippen LogP contribution >= 0.6 is 11.6 Å². The summed E-state index contributed by atoms with van der Waals surface area (Å²) in [6.45, 7) is 0. The summed E-state index contributed by atoms with van der Waals surface area (Å²) >= 11 is 6.05. The topological polar surface area (TPSA) is 86.6 Å². The normalized spacial score (nSPS) is 18.9. The van der Waals surface area contributed by atoms with E-state index in [9.17, 15) is 14.7 Å². The fourth-order valence-corrected chi connectivity index (χ4v) is 3.22. The van der Waals surface area contributed by atoms with E-state index in [0.29, 0.717) is 12.0 Å². The number of aliphatic hydroxyl groups excluding tert-OH is 1. The first kappa shape index (κ1) is 16.5. The van der Waals surface area contributed by atoms with E-state index < -0.39 is 18.1 Å². The molecule has 1 amide bonds. The number of aromatic carboxylic acids is 1. The van der Waals surface area contributed by atoms with Crippen molar-refractivity contribution in [1.82, 2.24) is 5.32 Å². The van der Waals surface area contributed by atoms with Crippen LogP contribution in [0.25, 0.3) is 0 Å². The molecule has 124 valence electrons. The number of benzene rings is 2. The summed E-state index contributed by atoms with van der Waals surface area (Å²) in [4.78, 5) is 23.2. The van der Waals surface area contributed by atoms with E-state index in [1.807, 2.05) is 24.3 Å². The lowest BCUT2D eigenvalue weighted by Crippen LogP contribution is -2.34. The van der Waals surface area contributed by atoms with Gasteiger partial charge in [0.25, 0.3) is 0 Å². The van der Waals surface area contributed by atoms with Gasteiger partial charge in [-0.25, -0.2) is 4.79 Å². The third kappa shape index (κ3) is 3.27. The smallest absolute Gasteiger partial charge is 0.335 e. The predicted octanol–water partition coefficient (Wildman–Crippen LogP) is 2.36. The summed E-state index contributed by atoms with van der Waals surface area (Å²) in [5.74, 6) is -1.35. The number of carboxylic acid groups (broad SMARTS) is 1. The zero-order chi connectivity index (χ0) is 17.3. The predicted molar refractivity (Wildman–Crippen MR) is 89.2 cm³/mol. The van der Waals surface area contributed by atoms with Crippen LogP contribution in [0.1, 0.15) is 33.1 Å². The molecule has 0 aliphatic heterocycles. The van der Waals surface area contributed by atoms with Crippen LogP contribution in [0.2, 0.25) is 5.02 Å². The lowest BCUT2D eigenvalue weighted by Gasteiger charge is -2.18. The van der Waals surface area contributed by atoms with Crippen molar-refractivity contribution in [3.63, 3.8) is 0 Å². The highest BCUT2D eigenvalue weighted by Gasteiger charge is 2.31. The molecular weight excluding hydrogens is 330 g/mol. The molecule has 0 aromatic heterocycles. The number of fused-ring (bicyclic) bond motifs is 1. The van der Waals surface area contributed by atoms with Gasteiger partial charge in [0.2, 0.25) is 5.91 Å². The third-order valence-electron chi connectivity index (χ3n) is 4.17. The molecule has 2 atom stereocenters. The van der Waals surface area contributed by atoms with Crippen LogP contribution in [0.3, 0.4) is 0 Å². The summed E-state index contributed by atoms with van der Waals surface area (Å²) in [7, 11) is 0. The number of amides is 1. The molecule has 0 fully saturated rings. The lowest BCUT2D eigenvalue weighted by atomic mass is 10.1. The van der Waals surface area contributed by atoms with Crippen molar-refractivity contribution in [2.24, 2.45) is 0 Å². The number of aliphatic hydroxyl groups is 1. The van der Waals surface area contributed by atoms with E-state index in [2.05, 4.69) is 5.32 Å². The van der Waals surface area contributed by atoms with Gasteiger partial charge >= 0.3 is 5.97 Å². The van der Waals surface area contributed by atoms with Crippen molar-refractivity contribution in [3.05, 3.63) is 69.7 Å². The Morgan fingerprint density at radius 2 is 1.96 bits per heavy atom. The van der Waals surface area contributed by atoms with Crippen LogP contribution in [0.15, 0.2) is 42.5 Å². The molecule has 0 saturated heterocycles. The maximum absolute atomic E-state index is 12.3. The van der Waals surface area contributed by atoms with Gasteiger partial charge in [-0.3, -0.25) is 4.79 Å². The first-order chi connectivity index (χ1) is 11.5. The quantitative estimate of drug-likeness (QED) is 0.794. The second-order valence-electron chi connectivity index (χ2n) is 5.80. The highest BCUT2D eigenvalue weighted by Crippen LogP contribution is 2.31. The van der Waals surface area contributed by atoms with Gasteiger partial charge in [-0.1, -0.05) is 41.9 Å². The molecule has 0 radical (unpaired) electrons. The maximum Gasteiger partial charge on any atom is 0.335 e. The molecule has 5 nitrogen and oxygen atoms in total. The summed E-state index contributed by atoms with van der Waals surface area (Å²) in [5, 5.41) is 22.2. The van der Waals surface area contributed by atoms with E-state index in [-0.39, 0.29) is 22.9 Å². The van der Waals surface area contributed by atoms with Gasteiger partial charge in [0, 0.05) is 11.4 Å². The van der Waals surface area contributed by atoms with Crippen LogP contribution in [-0.2, 0) is 17.6 Å². The van der Waals surface area contributed by atoms with Crippen molar-refractivity contribution in [3.8, 4) is 0 Å². The lowest BCUT2D eigenvalue weighted by molar-refractivity contribution is -0.121. The van der Waals surface area contributed by atoms with E-state index in [0.717, 1.165) is 11.1 Å². The van der Waals surface area contributed by atoms with Gasteiger partial charge in [0.1, 0.15) is 0 Å². The molecule has 1 aliphatic carbocycles. The molecule has 0 bridgehead atoms. The Hall–Kier alpha value is -2.37. The Balaban J connectivity index is 1.71. The van der Waals surface area contributed by atoms with Crippen LogP contribution in [0.5, 0.6) is 0 Å². The van der Waals surface area contributed by atoms with Gasteiger partial charge in [0.05, 0.1) is 24.1 Å². The summed E-state index contributed by atoms with van der Waals surface area (Å²) < 4.78 is 0. The zero-order valence-electron chi connectivity index (χ0n) is 12.7. The average Bonchev–Trinajstić information content (AvgIpc) is 2.85. The number of hydrogen-bond acceptors (Lipinski definition) is 3. The Morgan fingerprint density at radius 3 is 2.67 bits per heavy atom. The van der Waals surface area contributed by atoms with Gasteiger partial charge in [0.15, 0.2) is 0 Å². The zero-order valence-corrected chi connectivity index (χ0v) is 13.5. The van der Waals surface area contributed by atoms with E-state index in [4.69, 9.17) is 16.7 Å². The summed E-state index contributed by atoms with van der Waals surface area (Å²) in [5.41, 5.74) is 2.56. The highest BCUT2D eigenvalue weighted by molar-refractivity contribution is 6.31. The Morgan fingerprint density at radius 1 is 1.21 bits per heavy atom. The number of carbonyl (C=O) groups excluding carboxylic acids is 1. The Bertz CT molecular complexity index is 805. The average molecular weight is 346 g/mol. The molecule has 6 heteroatoms. The standard InChI is InChI=1S/C18H16ClNO4/c19-14-7-12(18(23)24)6-5-11(14)9-16(22)20-17-13-4-2-1-3-10(13)8-15(17)21/h1-7,15,17,21H,8-9H2,(H,20,22)(H,23,24)/t15-,17-/m0/s1.